The van der Waals surface area contributed by atoms with Crippen molar-refractivity contribution in [3.05, 3.63) is 24.0 Å². The molecule has 1 aromatic carbocycles. The summed E-state index contributed by atoms with van der Waals surface area (Å²) >= 11 is 3.76. The van der Waals surface area contributed by atoms with Gasteiger partial charge in [-0.15, -0.1) is 11.8 Å². The third kappa shape index (κ3) is 3.03. The van der Waals surface area contributed by atoms with E-state index in [1.54, 1.807) is 17.8 Å². The Labute approximate surface area is 121 Å². The van der Waals surface area contributed by atoms with E-state index < -0.39 is 0 Å². The highest BCUT2D eigenvalue weighted by Gasteiger charge is 2.40. The van der Waals surface area contributed by atoms with Crippen LogP contribution in [0.4, 0.5) is 10.1 Å². The van der Waals surface area contributed by atoms with Crippen molar-refractivity contribution in [1.82, 2.24) is 0 Å². The molecule has 19 heavy (non-hydrogen) atoms. The average molecular weight is 299 g/mol. The topological polar surface area (TPSA) is 35.2 Å². The molecular formula is C14H18FNOS2. The predicted molar refractivity (Wildman–Crippen MR) is 80.3 cm³/mol. The maximum Gasteiger partial charge on any atom is 0.125 e. The summed E-state index contributed by atoms with van der Waals surface area (Å²) in [6.07, 6.45) is 3.29. The third-order valence-electron chi connectivity index (χ3n) is 3.78. The smallest absolute Gasteiger partial charge is 0.125 e. The summed E-state index contributed by atoms with van der Waals surface area (Å²) in [7, 11) is 0. The van der Waals surface area contributed by atoms with Gasteiger partial charge in [-0.1, -0.05) is 0 Å². The van der Waals surface area contributed by atoms with Crippen molar-refractivity contribution in [3.63, 3.8) is 0 Å². The quantitative estimate of drug-likeness (QED) is 0.847. The molecule has 104 valence electrons. The fourth-order valence-corrected chi connectivity index (χ4v) is 5.43. The zero-order valence-electron chi connectivity index (χ0n) is 10.7. The highest BCUT2D eigenvalue weighted by atomic mass is 32.2. The van der Waals surface area contributed by atoms with Crippen molar-refractivity contribution in [2.75, 3.05) is 23.8 Å². The molecule has 0 amide bonds. The van der Waals surface area contributed by atoms with Crippen LogP contribution in [-0.2, 0) is 4.74 Å². The Hall–Kier alpha value is -0.390. The van der Waals surface area contributed by atoms with Crippen LogP contribution in [0.2, 0.25) is 0 Å². The second-order valence-electron chi connectivity index (χ2n) is 5.25. The highest BCUT2D eigenvalue weighted by Crippen LogP contribution is 2.43. The van der Waals surface area contributed by atoms with Crippen molar-refractivity contribution < 1.29 is 9.13 Å². The molecule has 2 nitrogen and oxygen atoms in total. The lowest BCUT2D eigenvalue weighted by Gasteiger charge is -2.37. The molecule has 1 spiro atoms. The molecule has 0 aliphatic carbocycles. The second kappa shape index (κ2) is 5.54. The van der Waals surface area contributed by atoms with E-state index in [9.17, 15) is 4.39 Å². The lowest BCUT2D eigenvalue weighted by Crippen LogP contribution is -2.40. The monoisotopic (exact) mass is 299 g/mol. The van der Waals surface area contributed by atoms with Crippen LogP contribution in [0.15, 0.2) is 23.1 Å². The number of halogens is 1. The number of ether oxygens (including phenoxy) is 1. The first kappa shape index (κ1) is 13.6. The molecule has 5 heteroatoms. The van der Waals surface area contributed by atoms with E-state index in [1.165, 1.54) is 17.9 Å². The van der Waals surface area contributed by atoms with Gasteiger partial charge in [-0.2, -0.15) is 11.8 Å². The molecule has 2 N–H and O–H groups in total. The molecule has 2 unspecified atom stereocenters. The Kier molecular flexibility index (Phi) is 3.96. The van der Waals surface area contributed by atoms with Crippen LogP contribution in [0.1, 0.15) is 19.3 Å². The van der Waals surface area contributed by atoms with E-state index in [0.29, 0.717) is 10.9 Å². The number of benzene rings is 1. The van der Waals surface area contributed by atoms with Crippen LogP contribution in [0.3, 0.4) is 0 Å². The molecule has 0 radical (unpaired) electrons. The molecule has 2 aliphatic rings. The molecule has 0 bridgehead atoms. The Morgan fingerprint density at radius 3 is 3.11 bits per heavy atom. The Morgan fingerprint density at radius 1 is 1.47 bits per heavy atom. The lowest BCUT2D eigenvalue weighted by atomic mass is 9.93. The lowest BCUT2D eigenvalue weighted by molar-refractivity contribution is -0.0562. The summed E-state index contributed by atoms with van der Waals surface area (Å²) in [5.74, 6) is 2.05. The zero-order valence-corrected chi connectivity index (χ0v) is 12.4. The summed E-state index contributed by atoms with van der Waals surface area (Å²) in [4.78, 5) is 0.995. The Bertz CT molecular complexity index is 463. The number of nitrogens with two attached hydrogens (primary N) is 1. The molecule has 2 atom stereocenters. The predicted octanol–water partition coefficient (Wildman–Crippen LogP) is 3.55. The number of nitrogen functional groups attached to an aromatic ring is 1. The summed E-state index contributed by atoms with van der Waals surface area (Å²) < 4.78 is 19.1. The maximum atomic E-state index is 13.1. The summed E-state index contributed by atoms with van der Waals surface area (Å²) in [6.45, 7) is 0.833. The Balaban J connectivity index is 1.69. The molecule has 0 aromatic heterocycles. The second-order valence-corrected chi connectivity index (χ2v) is 7.70. The first-order valence-corrected chi connectivity index (χ1v) is 8.64. The first-order valence-electron chi connectivity index (χ1n) is 6.60. The van der Waals surface area contributed by atoms with Gasteiger partial charge in [0.25, 0.3) is 0 Å². The van der Waals surface area contributed by atoms with Gasteiger partial charge in [0, 0.05) is 28.2 Å². The minimum Gasteiger partial charge on any atom is -0.398 e. The zero-order chi connectivity index (χ0) is 13.3. The van der Waals surface area contributed by atoms with Crippen LogP contribution in [-0.4, -0.2) is 29.0 Å². The average Bonchev–Trinajstić information content (AvgIpc) is 2.81. The van der Waals surface area contributed by atoms with Crippen LogP contribution in [0, 0.1) is 5.82 Å². The van der Waals surface area contributed by atoms with E-state index >= 15 is 0 Å². The number of anilines is 1. The van der Waals surface area contributed by atoms with Crippen molar-refractivity contribution in [2.45, 2.75) is 35.0 Å². The van der Waals surface area contributed by atoms with Crippen molar-refractivity contribution in [2.24, 2.45) is 0 Å². The van der Waals surface area contributed by atoms with E-state index in [0.717, 1.165) is 36.5 Å². The first-order chi connectivity index (χ1) is 9.17. The van der Waals surface area contributed by atoms with Gasteiger partial charge < -0.3 is 10.5 Å². The van der Waals surface area contributed by atoms with Crippen LogP contribution in [0.5, 0.6) is 0 Å². The largest absolute Gasteiger partial charge is 0.398 e. The van der Waals surface area contributed by atoms with Gasteiger partial charge in [-0.25, -0.2) is 4.39 Å². The molecule has 2 heterocycles. The molecular weight excluding hydrogens is 281 g/mol. The van der Waals surface area contributed by atoms with Gasteiger partial charge in [-0.3, -0.25) is 0 Å². The fourth-order valence-electron chi connectivity index (χ4n) is 2.75. The third-order valence-corrected chi connectivity index (χ3v) is 6.36. The summed E-state index contributed by atoms with van der Waals surface area (Å²) in [5.41, 5.74) is 6.53. The van der Waals surface area contributed by atoms with E-state index in [1.807, 2.05) is 11.8 Å². The molecule has 3 rings (SSSR count). The summed E-state index contributed by atoms with van der Waals surface area (Å²) in [6, 6.07) is 4.68. The van der Waals surface area contributed by atoms with Crippen molar-refractivity contribution in [3.8, 4) is 0 Å². The SMILES string of the molecule is Nc1cc(F)ccc1SC1CCOC2(CCSC2)C1. The van der Waals surface area contributed by atoms with Gasteiger partial charge >= 0.3 is 0 Å². The van der Waals surface area contributed by atoms with Gasteiger partial charge in [0.2, 0.25) is 0 Å². The molecule has 0 saturated carbocycles. The van der Waals surface area contributed by atoms with Gasteiger partial charge in [-0.05, 0) is 43.2 Å². The molecule has 2 aliphatic heterocycles. The number of thioether (sulfide) groups is 2. The van der Waals surface area contributed by atoms with E-state index in [4.69, 9.17) is 10.5 Å². The normalized spacial score (nSPS) is 30.9. The van der Waals surface area contributed by atoms with E-state index in [2.05, 4.69) is 0 Å². The van der Waals surface area contributed by atoms with Crippen molar-refractivity contribution in [1.29, 1.82) is 0 Å². The van der Waals surface area contributed by atoms with Gasteiger partial charge in [0.1, 0.15) is 5.82 Å². The minimum atomic E-state index is -0.266. The molecule has 1 aromatic rings. The number of hydrogen-bond donors (Lipinski definition) is 1. The van der Waals surface area contributed by atoms with Gasteiger partial charge in [0.15, 0.2) is 0 Å². The van der Waals surface area contributed by atoms with Crippen LogP contribution >= 0.6 is 23.5 Å². The number of rotatable bonds is 2. The standard InChI is InChI=1S/C14H18FNOS2/c15-10-1-2-13(12(16)7-10)19-11-3-5-17-14(8-11)4-6-18-9-14/h1-2,7,11H,3-6,8-9,16H2. The van der Waals surface area contributed by atoms with Crippen LogP contribution in [0.25, 0.3) is 0 Å². The molecule has 2 saturated heterocycles. The molecule has 2 fully saturated rings. The fraction of sp³-hybridized carbons (Fsp3) is 0.571. The summed E-state index contributed by atoms with van der Waals surface area (Å²) in [5, 5.41) is 0.528. The van der Waals surface area contributed by atoms with Crippen LogP contribution < -0.4 is 5.73 Å². The number of hydrogen-bond acceptors (Lipinski definition) is 4. The van der Waals surface area contributed by atoms with Crippen molar-refractivity contribution >= 4 is 29.2 Å². The highest BCUT2D eigenvalue weighted by molar-refractivity contribution is 8.00. The van der Waals surface area contributed by atoms with Gasteiger partial charge in [0.05, 0.1) is 5.60 Å². The maximum absolute atomic E-state index is 13.1. The minimum absolute atomic E-state index is 0.0926. The van der Waals surface area contributed by atoms with E-state index in [-0.39, 0.29) is 11.4 Å². The Morgan fingerprint density at radius 2 is 2.37 bits per heavy atom.